The summed E-state index contributed by atoms with van der Waals surface area (Å²) in [5.74, 6) is 0.281. The predicted octanol–water partition coefficient (Wildman–Crippen LogP) is 4.00. The minimum Gasteiger partial charge on any atom is -0.343 e. The molecule has 1 unspecified atom stereocenters. The van der Waals surface area contributed by atoms with E-state index >= 15 is 0 Å². The second-order valence-electron chi connectivity index (χ2n) is 5.85. The van der Waals surface area contributed by atoms with Gasteiger partial charge in [0.15, 0.2) is 4.77 Å². The van der Waals surface area contributed by atoms with E-state index < -0.39 is 0 Å². The number of carbonyl (C=O) groups excluding carboxylic acids is 1. The molecular weight excluding hydrogens is 371 g/mol. The first-order valence-corrected chi connectivity index (χ1v) is 9.59. The largest absolute Gasteiger partial charge is 0.343 e. The maximum atomic E-state index is 13.3. The van der Waals surface area contributed by atoms with E-state index in [9.17, 15) is 9.18 Å². The number of hydrogen-bond donors (Lipinski definition) is 2. The van der Waals surface area contributed by atoms with E-state index in [1.54, 1.807) is 28.0 Å². The lowest BCUT2D eigenvalue weighted by atomic mass is 10.1. The van der Waals surface area contributed by atoms with E-state index in [1.165, 1.54) is 12.1 Å². The molecule has 1 amide bonds. The van der Waals surface area contributed by atoms with Crippen LogP contribution in [0.15, 0.2) is 41.8 Å². The van der Waals surface area contributed by atoms with E-state index in [2.05, 4.69) is 15.5 Å². The topological polar surface area (TPSA) is 62.7 Å². The summed E-state index contributed by atoms with van der Waals surface area (Å²) in [6.45, 7) is 2.14. The van der Waals surface area contributed by atoms with E-state index in [1.807, 2.05) is 24.4 Å². The van der Waals surface area contributed by atoms with Gasteiger partial charge >= 0.3 is 0 Å². The van der Waals surface area contributed by atoms with Crippen LogP contribution in [-0.2, 0) is 17.8 Å². The first kappa shape index (κ1) is 18.5. The van der Waals surface area contributed by atoms with Crippen molar-refractivity contribution in [1.29, 1.82) is 0 Å². The lowest BCUT2D eigenvalue weighted by molar-refractivity contribution is -0.122. The van der Waals surface area contributed by atoms with Crippen molar-refractivity contribution in [3.05, 3.63) is 68.6 Å². The molecule has 136 valence electrons. The molecule has 0 aliphatic rings. The molecule has 5 nitrogen and oxygen atoms in total. The van der Waals surface area contributed by atoms with Crippen LogP contribution in [0.1, 0.15) is 35.7 Å². The fourth-order valence-electron chi connectivity index (χ4n) is 2.71. The molecule has 26 heavy (non-hydrogen) atoms. The highest BCUT2D eigenvalue weighted by atomic mass is 32.1. The Morgan fingerprint density at radius 1 is 1.38 bits per heavy atom. The first-order chi connectivity index (χ1) is 12.6. The van der Waals surface area contributed by atoms with Crippen LogP contribution in [0.25, 0.3) is 0 Å². The highest BCUT2D eigenvalue weighted by molar-refractivity contribution is 7.71. The molecule has 0 radical (unpaired) electrons. The minimum absolute atomic E-state index is 0.0910. The van der Waals surface area contributed by atoms with Crippen LogP contribution in [0.2, 0.25) is 0 Å². The molecule has 3 aromatic rings. The van der Waals surface area contributed by atoms with E-state index in [0.717, 1.165) is 29.1 Å². The number of rotatable bonds is 7. The molecule has 8 heteroatoms. The third-order valence-electron chi connectivity index (χ3n) is 3.95. The lowest BCUT2D eigenvalue weighted by Crippen LogP contribution is -2.32. The Bertz CT molecular complexity index is 916. The van der Waals surface area contributed by atoms with Gasteiger partial charge in [0, 0.05) is 11.3 Å². The zero-order valence-corrected chi connectivity index (χ0v) is 15.9. The molecular formula is C18H19FN4OS2. The van der Waals surface area contributed by atoms with Gasteiger partial charge in [0.2, 0.25) is 5.91 Å². The van der Waals surface area contributed by atoms with Crippen LogP contribution in [0.3, 0.4) is 0 Å². The maximum Gasteiger partial charge on any atom is 0.240 e. The van der Waals surface area contributed by atoms with Gasteiger partial charge in [0.1, 0.15) is 18.2 Å². The number of nitrogens with zero attached hydrogens (tertiary/aromatic N) is 2. The summed E-state index contributed by atoms with van der Waals surface area (Å²) in [5.41, 5.74) is 0.826. The Morgan fingerprint density at radius 2 is 2.15 bits per heavy atom. The standard InChI is InChI=1S/C18H19FN4OS2/c1-2-4-15-21-22-18(25)23(15)11-16(24)20-17(14-5-3-10-26-14)12-6-8-13(19)9-7-12/h3,5-10,17H,2,4,11H2,1H3,(H,20,24)(H,22,25). The SMILES string of the molecule is CCCc1n[nH]c(=S)n1CC(=O)NC(c1ccc(F)cc1)c1cccs1. The van der Waals surface area contributed by atoms with Crippen LogP contribution >= 0.6 is 23.6 Å². The van der Waals surface area contributed by atoms with Gasteiger partial charge in [-0.2, -0.15) is 5.10 Å². The molecule has 0 fully saturated rings. The zero-order valence-electron chi connectivity index (χ0n) is 14.2. The van der Waals surface area contributed by atoms with Gasteiger partial charge < -0.3 is 5.32 Å². The molecule has 1 aromatic carbocycles. The monoisotopic (exact) mass is 390 g/mol. The van der Waals surface area contributed by atoms with Gasteiger partial charge in [-0.25, -0.2) is 4.39 Å². The second kappa shape index (κ2) is 8.37. The van der Waals surface area contributed by atoms with Crippen LogP contribution in [-0.4, -0.2) is 20.7 Å². The number of aryl methyl sites for hydroxylation is 1. The van der Waals surface area contributed by atoms with Crippen LogP contribution < -0.4 is 5.32 Å². The molecule has 0 saturated carbocycles. The molecule has 2 N–H and O–H groups in total. The number of H-pyrrole nitrogens is 1. The second-order valence-corrected chi connectivity index (χ2v) is 7.21. The van der Waals surface area contributed by atoms with Crippen molar-refractivity contribution in [2.75, 3.05) is 0 Å². The normalized spacial score (nSPS) is 12.1. The average molecular weight is 391 g/mol. The number of hydrogen-bond acceptors (Lipinski definition) is 4. The third kappa shape index (κ3) is 4.25. The first-order valence-electron chi connectivity index (χ1n) is 8.30. The van der Waals surface area contributed by atoms with Crippen molar-refractivity contribution in [2.45, 2.75) is 32.4 Å². The molecule has 2 aromatic heterocycles. The minimum atomic E-state index is -0.334. The van der Waals surface area contributed by atoms with Crippen molar-refractivity contribution in [3.63, 3.8) is 0 Å². The third-order valence-corrected chi connectivity index (χ3v) is 5.20. The number of nitrogens with one attached hydrogen (secondary N) is 2. The Kier molecular flexibility index (Phi) is 5.95. The van der Waals surface area contributed by atoms with Crippen molar-refractivity contribution in [1.82, 2.24) is 20.1 Å². The number of halogens is 1. The van der Waals surface area contributed by atoms with Crippen molar-refractivity contribution in [2.24, 2.45) is 0 Å². The summed E-state index contributed by atoms with van der Waals surface area (Å²) in [6, 6.07) is 9.71. The number of carbonyl (C=O) groups is 1. The van der Waals surface area contributed by atoms with Crippen molar-refractivity contribution in [3.8, 4) is 0 Å². The Balaban J connectivity index is 1.81. The molecule has 0 spiro atoms. The summed E-state index contributed by atoms with van der Waals surface area (Å²) < 4.78 is 15.4. The summed E-state index contributed by atoms with van der Waals surface area (Å²) in [4.78, 5) is 13.7. The van der Waals surface area contributed by atoms with Gasteiger partial charge in [-0.05, 0) is 47.8 Å². The van der Waals surface area contributed by atoms with Gasteiger partial charge in [0.05, 0.1) is 6.04 Å². The average Bonchev–Trinajstić information content (AvgIpc) is 3.26. The number of aromatic nitrogens is 3. The van der Waals surface area contributed by atoms with Gasteiger partial charge in [0.25, 0.3) is 0 Å². The quantitative estimate of drug-likeness (QED) is 0.600. The van der Waals surface area contributed by atoms with E-state index in [0.29, 0.717) is 4.77 Å². The van der Waals surface area contributed by atoms with Gasteiger partial charge in [-0.1, -0.05) is 25.1 Å². The molecule has 1 atom stereocenters. The summed E-state index contributed by atoms with van der Waals surface area (Å²) in [5, 5.41) is 11.9. The van der Waals surface area contributed by atoms with Gasteiger partial charge in [-0.3, -0.25) is 14.5 Å². The highest BCUT2D eigenvalue weighted by Crippen LogP contribution is 2.26. The highest BCUT2D eigenvalue weighted by Gasteiger charge is 2.19. The Morgan fingerprint density at radius 3 is 2.81 bits per heavy atom. The molecule has 3 rings (SSSR count). The van der Waals surface area contributed by atoms with E-state index in [-0.39, 0.29) is 24.3 Å². The molecule has 0 saturated heterocycles. The smallest absolute Gasteiger partial charge is 0.240 e. The lowest BCUT2D eigenvalue weighted by Gasteiger charge is -2.18. The van der Waals surface area contributed by atoms with E-state index in [4.69, 9.17) is 12.2 Å². The molecule has 0 aliphatic carbocycles. The number of aromatic amines is 1. The fraction of sp³-hybridized carbons (Fsp3) is 0.278. The fourth-order valence-corrected chi connectivity index (χ4v) is 3.73. The molecule has 0 aliphatic heterocycles. The maximum absolute atomic E-state index is 13.3. The van der Waals surface area contributed by atoms with Crippen molar-refractivity contribution >= 4 is 29.5 Å². The summed E-state index contributed by atoms with van der Waals surface area (Å²) >= 11 is 6.77. The zero-order chi connectivity index (χ0) is 18.5. The number of thiophene rings is 1. The predicted molar refractivity (Wildman–Crippen MR) is 102 cm³/mol. The number of amides is 1. The Hall–Kier alpha value is -2.32. The Labute approximate surface area is 159 Å². The number of benzene rings is 1. The summed E-state index contributed by atoms with van der Waals surface area (Å²) in [6.07, 6.45) is 1.65. The van der Waals surface area contributed by atoms with Crippen LogP contribution in [0.4, 0.5) is 4.39 Å². The molecule has 2 heterocycles. The summed E-state index contributed by atoms with van der Waals surface area (Å²) in [7, 11) is 0. The molecule has 0 bridgehead atoms. The van der Waals surface area contributed by atoms with Gasteiger partial charge in [-0.15, -0.1) is 11.3 Å². The van der Waals surface area contributed by atoms with Crippen LogP contribution in [0, 0.1) is 10.6 Å². The van der Waals surface area contributed by atoms with Crippen LogP contribution in [0.5, 0.6) is 0 Å². The van der Waals surface area contributed by atoms with Crippen molar-refractivity contribution < 1.29 is 9.18 Å².